The number of fused-ring (bicyclic) bond motifs is 1. The first-order valence-electron chi connectivity index (χ1n) is 9.56. The number of carbonyl (C=O) groups excluding carboxylic acids is 1. The molecule has 5 rings (SSSR count). The Morgan fingerprint density at radius 2 is 1.74 bits per heavy atom. The number of hydrogen-bond acceptors (Lipinski definition) is 6. The number of amides is 1. The third kappa shape index (κ3) is 3.76. The quantitative estimate of drug-likeness (QED) is 0.416. The van der Waals surface area contributed by atoms with Crippen molar-refractivity contribution in [2.24, 2.45) is 0 Å². The maximum atomic E-state index is 12.7. The van der Waals surface area contributed by atoms with Crippen LogP contribution in [0.5, 0.6) is 5.75 Å². The highest BCUT2D eigenvalue weighted by Crippen LogP contribution is 2.28. The average molecular weight is 411 g/mol. The van der Waals surface area contributed by atoms with Crippen molar-refractivity contribution in [1.82, 2.24) is 10.2 Å². The Bertz CT molecular complexity index is 1370. The molecule has 3 aromatic carbocycles. The van der Waals surface area contributed by atoms with Crippen LogP contribution in [0.1, 0.15) is 10.4 Å². The lowest BCUT2D eigenvalue weighted by Crippen LogP contribution is -2.12. The zero-order valence-corrected chi connectivity index (χ0v) is 16.5. The van der Waals surface area contributed by atoms with Gasteiger partial charge < -0.3 is 13.6 Å². The van der Waals surface area contributed by atoms with Crippen LogP contribution in [0.15, 0.2) is 87.9 Å². The number of nitrogens with one attached hydrogen (secondary N) is 1. The van der Waals surface area contributed by atoms with Crippen LogP contribution in [0.2, 0.25) is 0 Å². The van der Waals surface area contributed by atoms with Gasteiger partial charge in [-0.1, -0.05) is 35.4 Å². The van der Waals surface area contributed by atoms with E-state index in [0.29, 0.717) is 11.3 Å². The van der Waals surface area contributed by atoms with Gasteiger partial charge in [-0.25, -0.2) is 0 Å². The lowest BCUT2D eigenvalue weighted by atomic mass is 9.99. The van der Waals surface area contributed by atoms with E-state index >= 15 is 0 Å². The summed E-state index contributed by atoms with van der Waals surface area (Å²) in [6, 6.07) is 22.8. The van der Waals surface area contributed by atoms with Gasteiger partial charge in [0.05, 0.1) is 13.4 Å². The number of ether oxygens (including phenoxy) is 1. The van der Waals surface area contributed by atoms with Gasteiger partial charge >= 0.3 is 6.01 Å². The monoisotopic (exact) mass is 411 g/mol. The molecule has 7 nitrogen and oxygen atoms in total. The summed E-state index contributed by atoms with van der Waals surface area (Å²) in [5.41, 5.74) is 2.41. The van der Waals surface area contributed by atoms with Gasteiger partial charge in [0.2, 0.25) is 0 Å². The molecule has 0 fully saturated rings. The van der Waals surface area contributed by atoms with Crippen LogP contribution in [-0.4, -0.2) is 23.2 Å². The van der Waals surface area contributed by atoms with Gasteiger partial charge in [0.1, 0.15) is 5.75 Å². The molecule has 1 N–H and O–H groups in total. The molecule has 5 aromatic rings. The molecule has 0 saturated heterocycles. The van der Waals surface area contributed by atoms with Crippen molar-refractivity contribution < 1.29 is 18.4 Å². The standard InChI is InChI=1S/C24H17N3O4/c1-29-20-10-9-17-12-16(7-8-18(17)14-20)15-4-2-5-19(13-15)22(28)25-24-27-26-23(31-24)21-6-3-11-30-21/h2-14H,1H3,(H,25,27,28). The van der Waals surface area contributed by atoms with Crippen molar-refractivity contribution in [3.05, 3.63) is 84.6 Å². The average Bonchev–Trinajstić information content (AvgIpc) is 3.50. The predicted molar refractivity (Wildman–Crippen MR) is 116 cm³/mol. The van der Waals surface area contributed by atoms with E-state index in [1.807, 2.05) is 48.5 Å². The number of carbonyl (C=O) groups is 1. The highest BCUT2D eigenvalue weighted by molar-refractivity contribution is 6.04. The van der Waals surface area contributed by atoms with E-state index in [-0.39, 0.29) is 17.8 Å². The van der Waals surface area contributed by atoms with Gasteiger partial charge in [-0.05, 0) is 64.4 Å². The lowest BCUT2D eigenvalue weighted by molar-refractivity contribution is 0.102. The first-order chi connectivity index (χ1) is 15.2. The SMILES string of the molecule is COc1ccc2cc(-c3cccc(C(=O)Nc4nnc(-c5ccco5)o4)c3)ccc2c1. The van der Waals surface area contributed by atoms with E-state index in [1.54, 1.807) is 25.3 Å². The predicted octanol–water partition coefficient (Wildman–Crippen LogP) is 5.41. The van der Waals surface area contributed by atoms with Crippen LogP contribution in [0.25, 0.3) is 33.6 Å². The summed E-state index contributed by atoms with van der Waals surface area (Å²) in [7, 11) is 1.65. The molecule has 0 atom stereocenters. The lowest BCUT2D eigenvalue weighted by Gasteiger charge is -2.08. The molecule has 152 valence electrons. The summed E-state index contributed by atoms with van der Waals surface area (Å²) in [4.78, 5) is 12.7. The molecule has 1 amide bonds. The highest BCUT2D eigenvalue weighted by atomic mass is 16.5. The Morgan fingerprint density at radius 1 is 0.903 bits per heavy atom. The van der Waals surface area contributed by atoms with E-state index < -0.39 is 0 Å². The number of aromatic nitrogens is 2. The van der Waals surface area contributed by atoms with Crippen molar-refractivity contribution in [3.8, 4) is 28.5 Å². The van der Waals surface area contributed by atoms with Crippen LogP contribution in [0, 0.1) is 0 Å². The maximum absolute atomic E-state index is 12.7. The minimum Gasteiger partial charge on any atom is -0.497 e. The molecule has 31 heavy (non-hydrogen) atoms. The third-order valence-electron chi connectivity index (χ3n) is 4.88. The van der Waals surface area contributed by atoms with Gasteiger partial charge in [-0.15, -0.1) is 5.10 Å². The molecule has 0 unspecified atom stereocenters. The molecule has 0 aliphatic carbocycles. The fourth-order valence-electron chi connectivity index (χ4n) is 3.31. The molecule has 0 bridgehead atoms. The zero-order valence-electron chi connectivity index (χ0n) is 16.5. The van der Waals surface area contributed by atoms with E-state index in [4.69, 9.17) is 13.6 Å². The Balaban J connectivity index is 1.38. The Morgan fingerprint density at radius 3 is 2.58 bits per heavy atom. The van der Waals surface area contributed by atoms with Gasteiger partial charge in [-0.2, -0.15) is 0 Å². The molecule has 2 heterocycles. The van der Waals surface area contributed by atoms with Gasteiger partial charge in [0.25, 0.3) is 11.8 Å². The maximum Gasteiger partial charge on any atom is 0.322 e. The van der Waals surface area contributed by atoms with Crippen molar-refractivity contribution in [2.75, 3.05) is 12.4 Å². The number of methoxy groups -OCH3 is 1. The Hall–Kier alpha value is -4.39. The molecular formula is C24H17N3O4. The van der Waals surface area contributed by atoms with E-state index in [0.717, 1.165) is 27.6 Å². The van der Waals surface area contributed by atoms with E-state index in [1.165, 1.54) is 6.26 Å². The first kappa shape index (κ1) is 18.6. The molecule has 0 spiro atoms. The Kier molecular flexibility index (Phi) is 4.68. The van der Waals surface area contributed by atoms with Crippen molar-refractivity contribution in [1.29, 1.82) is 0 Å². The second kappa shape index (κ2) is 7.79. The van der Waals surface area contributed by atoms with Gasteiger partial charge in [0, 0.05) is 5.56 Å². The van der Waals surface area contributed by atoms with Crippen molar-refractivity contribution >= 4 is 22.7 Å². The Labute approximate surface area is 177 Å². The minimum atomic E-state index is -0.345. The second-order valence-corrected chi connectivity index (χ2v) is 6.85. The summed E-state index contributed by atoms with van der Waals surface area (Å²) >= 11 is 0. The summed E-state index contributed by atoms with van der Waals surface area (Å²) in [5.74, 6) is 1.10. The molecular weight excluding hydrogens is 394 g/mol. The minimum absolute atomic E-state index is 0.00135. The number of anilines is 1. The fourth-order valence-corrected chi connectivity index (χ4v) is 3.31. The largest absolute Gasteiger partial charge is 0.497 e. The van der Waals surface area contributed by atoms with Crippen LogP contribution in [0.4, 0.5) is 6.01 Å². The van der Waals surface area contributed by atoms with Crippen LogP contribution < -0.4 is 10.1 Å². The molecule has 0 radical (unpaired) electrons. The zero-order chi connectivity index (χ0) is 21.2. The van der Waals surface area contributed by atoms with E-state index in [2.05, 4.69) is 21.6 Å². The fraction of sp³-hybridized carbons (Fsp3) is 0.0417. The molecule has 0 aliphatic rings. The number of nitrogens with zero attached hydrogens (tertiary/aromatic N) is 2. The van der Waals surface area contributed by atoms with Crippen LogP contribution in [0.3, 0.4) is 0 Å². The summed E-state index contributed by atoms with van der Waals surface area (Å²) in [6.45, 7) is 0. The number of benzene rings is 3. The summed E-state index contributed by atoms with van der Waals surface area (Å²) in [6.07, 6.45) is 1.51. The summed E-state index contributed by atoms with van der Waals surface area (Å²) in [5, 5.41) is 12.5. The molecule has 7 heteroatoms. The summed E-state index contributed by atoms with van der Waals surface area (Å²) < 4.78 is 15.9. The number of hydrogen-bond donors (Lipinski definition) is 1. The van der Waals surface area contributed by atoms with Crippen LogP contribution in [-0.2, 0) is 0 Å². The third-order valence-corrected chi connectivity index (χ3v) is 4.88. The van der Waals surface area contributed by atoms with Gasteiger partial charge in [-0.3, -0.25) is 10.1 Å². The highest BCUT2D eigenvalue weighted by Gasteiger charge is 2.15. The van der Waals surface area contributed by atoms with Gasteiger partial charge in [0.15, 0.2) is 5.76 Å². The molecule has 0 aliphatic heterocycles. The normalized spacial score (nSPS) is 10.9. The number of furan rings is 1. The van der Waals surface area contributed by atoms with E-state index in [9.17, 15) is 4.79 Å². The van der Waals surface area contributed by atoms with Crippen molar-refractivity contribution in [2.45, 2.75) is 0 Å². The number of rotatable bonds is 5. The van der Waals surface area contributed by atoms with Crippen LogP contribution >= 0.6 is 0 Å². The smallest absolute Gasteiger partial charge is 0.322 e. The molecule has 2 aromatic heterocycles. The van der Waals surface area contributed by atoms with Crippen molar-refractivity contribution in [3.63, 3.8) is 0 Å². The second-order valence-electron chi connectivity index (χ2n) is 6.85. The first-order valence-corrected chi connectivity index (χ1v) is 9.56. The molecule has 0 saturated carbocycles. The topological polar surface area (TPSA) is 90.4 Å².